The molecule has 11 aromatic rings. The first-order valence-electron chi connectivity index (χ1n) is 21.3. The zero-order valence-corrected chi connectivity index (χ0v) is 34.1. The molecule has 0 unspecified atom stereocenters. The van der Waals surface area contributed by atoms with E-state index in [2.05, 4.69) is 264 Å². The molecule has 2 heteroatoms. The van der Waals surface area contributed by atoms with E-state index in [9.17, 15) is 0 Å². The molecule has 0 N–H and O–H groups in total. The fourth-order valence-electron chi connectivity index (χ4n) is 9.15. The molecule has 0 aliphatic rings. The molecule has 0 bridgehead atoms. The molecule has 0 fully saturated rings. The molecule has 0 radical (unpaired) electrons. The van der Waals surface area contributed by atoms with E-state index in [1.54, 1.807) is 0 Å². The summed E-state index contributed by atoms with van der Waals surface area (Å²) in [5.74, 6) is 0. The Morgan fingerprint density at radius 3 is 1.32 bits per heavy atom. The van der Waals surface area contributed by atoms with Gasteiger partial charge < -0.3 is 9.47 Å². The van der Waals surface area contributed by atoms with Gasteiger partial charge in [-0.15, -0.1) is 0 Å². The molecule has 10 aromatic carbocycles. The second-order valence-electron chi connectivity index (χ2n) is 15.7. The van der Waals surface area contributed by atoms with Gasteiger partial charge in [0, 0.05) is 38.7 Å². The quantitative estimate of drug-likeness (QED) is 0.141. The Labute approximate surface area is 362 Å². The molecular weight excluding hydrogens is 749 g/mol. The highest BCUT2D eigenvalue weighted by atomic mass is 15.1. The van der Waals surface area contributed by atoms with Gasteiger partial charge in [-0.05, 0) is 69.8 Å². The summed E-state index contributed by atoms with van der Waals surface area (Å²) in [6, 6.07) is 92.2. The number of nitrogens with zero attached hydrogens (tertiary/aromatic N) is 2. The second-order valence-corrected chi connectivity index (χ2v) is 15.7. The molecule has 0 aliphatic heterocycles. The van der Waals surface area contributed by atoms with Gasteiger partial charge in [0.1, 0.15) is 0 Å². The van der Waals surface area contributed by atoms with Gasteiger partial charge in [0.05, 0.1) is 28.1 Å². The zero-order chi connectivity index (χ0) is 41.2. The lowest BCUT2D eigenvalue weighted by Crippen LogP contribution is -2.13. The third-order valence-electron chi connectivity index (χ3n) is 12.0. The lowest BCUT2D eigenvalue weighted by molar-refractivity contribution is 1.18. The van der Waals surface area contributed by atoms with Crippen LogP contribution in [0.4, 0.5) is 17.1 Å². The minimum atomic E-state index is 1.06. The highest BCUT2D eigenvalue weighted by Crippen LogP contribution is 2.48. The lowest BCUT2D eigenvalue weighted by Gasteiger charge is -2.30. The third kappa shape index (κ3) is 6.65. The number of para-hydroxylation sites is 3. The summed E-state index contributed by atoms with van der Waals surface area (Å²) in [7, 11) is 0. The topological polar surface area (TPSA) is 8.17 Å². The van der Waals surface area contributed by atoms with Crippen molar-refractivity contribution in [2.24, 2.45) is 0 Å². The van der Waals surface area contributed by atoms with Gasteiger partial charge in [0.2, 0.25) is 0 Å². The van der Waals surface area contributed by atoms with E-state index in [1.807, 2.05) is 0 Å². The number of hydrogen-bond acceptors (Lipinski definition) is 1. The van der Waals surface area contributed by atoms with Gasteiger partial charge in [-0.25, -0.2) is 0 Å². The van der Waals surface area contributed by atoms with Crippen molar-refractivity contribution in [2.75, 3.05) is 4.90 Å². The van der Waals surface area contributed by atoms with Crippen LogP contribution in [0.25, 0.3) is 83.1 Å². The molecule has 62 heavy (non-hydrogen) atoms. The van der Waals surface area contributed by atoms with Crippen molar-refractivity contribution in [2.45, 2.75) is 0 Å². The van der Waals surface area contributed by atoms with Crippen molar-refractivity contribution in [3.8, 4) is 61.3 Å². The lowest BCUT2D eigenvalue weighted by atomic mass is 9.95. The number of rotatable bonds is 9. The fourth-order valence-corrected chi connectivity index (χ4v) is 9.15. The van der Waals surface area contributed by atoms with Crippen LogP contribution in [0.5, 0.6) is 0 Å². The SMILES string of the molecule is c1ccc(-c2ccc(N(c3ccc4c5ccccc5n(-c5c(-c6ccccc6)cccc5-c5ccccc5)c4c3)c3ccccc3-c3ccccc3)c(-c3ccccc3)c2)cc1. The first-order chi connectivity index (χ1) is 30.8. The monoisotopic (exact) mass is 790 g/mol. The summed E-state index contributed by atoms with van der Waals surface area (Å²) >= 11 is 0. The van der Waals surface area contributed by atoms with Crippen molar-refractivity contribution in [3.05, 3.63) is 255 Å². The zero-order valence-electron chi connectivity index (χ0n) is 34.1. The Hall–Kier alpha value is -8.20. The van der Waals surface area contributed by atoms with Crippen LogP contribution in [0.1, 0.15) is 0 Å². The molecular formula is C60H42N2. The van der Waals surface area contributed by atoms with Crippen LogP contribution in [-0.4, -0.2) is 4.57 Å². The van der Waals surface area contributed by atoms with Crippen molar-refractivity contribution >= 4 is 38.9 Å². The normalized spacial score (nSPS) is 11.2. The summed E-state index contributed by atoms with van der Waals surface area (Å²) in [5.41, 5.74) is 18.4. The molecule has 292 valence electrons. The Balaban J connectivity index is 1.23. The molecule has 0 aliphatic carbocycles. The summed E-state index contributed by atoms with van der Waals surface area (Å²) in [6.07, 6.45) is 0. The minimum absolute atomic E-state index is 1.06. The maximum absolute atomic E-state index is 2.51. The Kier molecular flexibility index (Phi) is 9.57. The highest BCUT2D eigenvalue weighted by Gasteiger charge is 2.24. The van der Waals surface area contributed by atoms with Gasteiger partial charge >= 0.3 is 0 Å². The average Bonchev–Trinajstić information content (AvgIpc) is 3.68. The van der Waals surface area contributed by atoms with Gasteiger partial charge in [-0.2, -0.15) is 0 Å². The number of fused-ring (bicyclic) bond motifs is 3. The van der Waals surface area contributed by atoms with Gasteiger partial charge in [-0.1, -0.05) is 218 Å². The smallest absolute Gasteiger partial charge is 0.0618 e. The molecule has 1 heterocycles. The van der Waals surface area contributed by atoms with E-state index in [-0.39, 0.29) is 0 Å². The van der Waals surface area contributed by atoms with Crippen LogP contribution in [0.3, 0.4) is 0 Å². The van der Waals surface area contributed by atoms with E-state index < -0.39 is 0 Å². The Morgan fingerprint density at radius 1 is 0.258 bits per heavy atom. The number of hydrogen-bond donors (Lipinski definition) is 0. The largest absolute Gasteiger partial charge is 0.309 e. The molecule has 1 aromatic heterocycles. The summed E-state index contributed by atoms with van der Waals surface area (Å²) < 4.78 is 2.51. The van der Waals surface area contributed by atoms with Crippen LogP contribution >= 0.6 is 0 Å². The molecule has 0 atom stereocenters. The maximum Gasteiger partial charge on any atom is 0.0618 e. The van der Waals surface area contributed by atoms with E-state index in [0.29, 0.717) is 0 Å². The minimum Gasteiger partial charge on any atom is -0.309 e. The predicted octanol–water partition coefficient (Wildman–Crippen LogP) is 16.6. The van der Waals surface area contributed by atoms with Gasteiger partial charge in [0.15, 0.2) is 0 Å². The molecule has 11 rings (SSSR count). The Bertz CT molecular complexity index is 3260. The van der Waals surface area contributed by atoms with Crippen molar-refractivity contribution in [3.63, 3.8) is 0 Å². The fraction of sp³-hybridized carbons (Fsp3) is 0. The van der Waals surface area contributed by atoms with Gasteiger partial charge in [-0.3, -0.25) is 0 Å². The molecule has 0 saturated carbocycles. The van der Waals surface area contributed by atoms with Crippen LogP contribution < -0.4 is 4.90 Å². The first-order valence-corrected chi connectivity index (χ1v) is 21.3. The first kappa shape index (κ1) is 36.8. The van der Waals surface area contributed by atoms with Gasteiger partial charge in [0.25, 0.3) is 0 Å². The number of benzene rings is 10. The van der Waals surface area contributed by atoms with Crippen LogP contribution in [0.2, 0.25) is 0 Å². The Morgan fingerprint density at radius 2 is 0.710 bits per heavy atom. The highest BCUT2D eigenvalue weighted by molar-refractivity contribution is 6.12. The molecule has 0 saturated heterocycles. The maximum atomic E-state index is 2.51. The standard InChI is InChI=1S/C60H42N2/c1-6-21-43(22-7-1)48-37-40-58(55(41-48)47-29-14-5-15-30-47)61(56-35-18-16-31-50(56)44-23-8-2-9-24-44)49-38-39-54-53-32-17-19-36-57(53)62(59(54)42-49)60-51(45-25-10-3-11-26-45)33-20-34-52(60)46-27-12-4-13-28-46/h1-42H. The summed E-state index contributed by atoms with van der Waals surface area (Å²) in [4.78, 5) is 2.47. The summed E-state index contributed by atoms with van der Waals surface area (Å²) in [5, 5.41) is 2.41. The third-order valence-corrected chi connectivity index (χ3v) is 12.0. The van der Waals surface area contributed by atoms with E-state index >= 15 is 0 Å². The van der Waals surface area contributed by atoms with Crippen LogP contribution in [0.15, 0.2) is 255 Å². The number of anilines is 3. The second kappa shape index (κ2) is 16.1. The van der Waals surface area contributed by atoms with Crippen molar-refractivity contribution in [1.82, 2.24) is 4.57 Å². The van der Waals surface area contributed by atoms with Crippen molar-refractivity contribution < 1.29 is 0 Å². The van der Waals surface area contributed by atoms with Crippen molar-refractivity contribution in [1.29, 1.82) is 0 Å². The van der Waals surface area contributed by atoms with E-state index in [1.165, 1.54) is 44.2 Å². The summed E-state index contributed by atoms with van der Waals surface area (Å²) in [6.45, 7) is 0. The molecule has 2 nitrogen and oxygen atoms in total. The van der Waals surface area contributed by atoms with E-state index in [4.69, 9.17) is 0 Å². The molecule has 0 spiro atoms. The van der Waals surface area contributed by atoms with Crippen LogP contribution in [-0.2, 0) is 0 Å². The van der Waals surface area contributed by atoms with Crippen LogP contribution in [0, 0.1) is 0 Å². The number of aromatic nitrogens is 1. The van der Waals surface area contributed by atoms with E-state index in [0.717, 1.165) is 56.0 Å². The predicted molar refractivity (Wildman–Crippen MR) is 263 cm³/mol. The average molecular weight is 791 g/mol. The molecule has 0 amide bonds.